The van der Waals surface area contributed by atoms with Crippen molar-refractivity contribution in [1.29, 1.82) is 0 Å². The monoisotopic (exact) mass is 493 g/mol. The highest BCUT2D eigenvalue weighted by Crippen LogP contribution is 2.30. The number of alkyl halides is 3. The minimum atomic E-state index is -5.08. The van der Waals surface area contributed by atoms with E-state index in [4.69, 9.17) is 14.6 Å². The molecule has 0 radical (unpaired) electrons. The maximum Gasteiger partial charge on any atom is 0.490 e. The minimum absolute atomic E-state index is 0.170. The second-order valence-electron chi connectivity index (χ2n) is 8.19. The summed E-state index contributed by atoms with van der Waals surface area (Å²) in [7, 11) is 0. The number of hydrogen-bond donors (Lipinski definition) is 1. The molecule has 36 heavy (non-hydrogen) atoms. The third kappa shape index (κ3) is 5.46. The predicted octanol–water partition coefficient (Wildman–Crippen LogP) is 6.64. The van der Waals surface area contributed by atoms with Crippen LogP contribution >= 0.6 is 0 Å². The van der Waals surface area contributed by atoms with E-state index in [2.05, 4.69) is 63.0 Å². The average molecular weight is 493 g/mol. The molecule has 3 heterocycles. The first kappa shape index (κ1) is 24.7. The summed E-state index contributed by atoms with van der Waals surface area (Å²) in [6, 6.07) is 20.7. The molecular formula is C27H22F3N3O3. The zero-order valence-corrected chi connectivity index (χ0v) is 19.4. The van der Waals surface area contributed by atoms with Crippen LogP contribution in [-0.2, 0) is 4.79 Å². The maximum atomic E-state index is 10.6. The zero-order valence-electron chi connectivity index (χ0n) is 19.4. The van der Waals surface area contributed by atoms with Crippen LogP contribution in [0.25, 0.3) is 38.8 Å². The Balaban J connectivity index is 0.000000384. The highest BCUT2D eigenvalue weighted by atomic mass is 19.4. The Hall–Kier alpha value is -4.40. The molecule has 0 fully saturated rings. The van der Waals surface area contributed by atoms with Crippen molar-refractivity contribution in [3.63, 3.8) is 0 Å². The standard InChI is InChI=1S/C25H21N3O.C2HF3O2/c1-17(2)29-21-9-7-18(8-10-21)19-11-12-28-24(16-27-25(28)13-19)23-15-26-14-20-5-3-4-6-22(20)23;3-2(4,5)1(6)7/h3-17H,1-2H3;(H,6,7). The van der Waals surface area contributed by atoms with E-state index in [-0.39, 0.29) is 6.10 Å². The van der Waals surface area contributed by atoms with Crippen molar-refractivity contribution in [3.8, 4) is 28.1 Å². The van der Waals surface area contributed by atoms with Crippen LogP contribution in [0.1, 0.15) is 13.8 Å². The Labute approximate surface area is 204 Å². The number of carboxylic acid groups (broad SMARTS) is 1. The molecule has 0 bridgehead atoms. The summed E-state index contributed by atoms with van der Waals surface area (Å²) in [5.74, 6) is -1.87. The van der Waals surface area contributed by atoms with Crippen LogP contribution in [-0.4, -0.2) is 37.7 Å². The highest BCUT2D eigenvalue weighted by Gasteiger charge is 2.38. The molecule has 2 aromatic carbocycles. The zero-order chi connectivity index (χ0) is 25.9. The van der Waals surface area contributed by atoms with Gasteiger partial charge in [-0.2, -0.15) is 13.2 Å². The van der Waals surface area contributed by atoms with Crippen molar-refractivity contribution in [2.24, 2.45) is 0 Å². The van der Waals surface area contributed by atoms with Crippen LogP contribution in [0, 0.1) is 0 Å². The lowest BCUT2D eigenvalue weighted by atomic mass is 10.1. The van der Waals surface area contributed by atoms with Crippen molar-refractivity contribution in [2.45, 2.75) is 26.1 Å². The second kappa shape index (κ2) is 10.1. The van der Waals surface area contributed by atoms with Gasteiger partial charge in [-0.3, -0.25) is 9.38 Å². The van der Waals surface area contributed by atoms with Crippen LogP contribution in [0.3, 0.4) is 0 Å². The quantitative estimate of drug-likeness (QED) is 0.304. The lowest BCUT2D eigenvalue weighted by Gasteiger charge is -2.10. The van der Waals surface area contributed by atoms with E-state index in [9.17, 15) is 13.2 Å². The van der Waals surface area contributed by atoms with Gasteiger partial charge in [-0.1, -0.05) is 36.4 Å². The van der Waals surface area contributed by atoms with Gasteiger partial charge in [-0.05, 0) is 54.6 Å². The van der Waals surface area contributed by atoms with Crippen LogP contribution < -0.4 is 4.74 Å². The molecule has 5 rings (SSSR count). The Kier molecular flexibility index (Phi) is 6.91. The number of pyridine rings is 2. The number of nitrogens with zero attached hydrogens (tertiary/aromatic N) is 3. The number of aromatic nitrogens is 3. The van der Waals surface area contributed by atoms with Crippen molar-refractivity contribution in [1.82, 2.24) is 14.4 Å². The molecule has 0 spiro atoms. The van der Waals surface area contributed by atoms with Crippen LogP contribution in [0.15, 0.2) is 85.5 Å². The van der Waals surface area contributed by atoms with Crippen LogP contribution in [0.5, 0.6) is 5.75 Å². The first-order valence-corrected chi connectivity index (χ1v) is 11.0. The fourth-order valence-electron chi connectivity index (χ4n) is 3.68. The fourth-order valence-corrected chi connectivity index (χ4v) is 3.68. The number of imidazole rings is 1. The topological polar surface area (TPSA) is 76.7 Å². The number of ether oxygens (including phenoxy) is 1. The van der Waals surface area contributed by atoms with Gasteiger partial charge in [0.2, 0.25) is 0 Å². The summed E-state index contributed by atoms with van der Waals surface area (Å²) in [5, 5.41) is 9.43. The predicted molar refractivity (Wildman–Crippen MR) is 131 cm³/mol. The SMILES string of the molecule is CC(C)Oc1ccc(-c2ccn3c(-c4cncc5ccccc45)cnc3c2)cc1.O=C(O)C(F)(F)F. The molecule has 0 amide bonds. The number of carboxylic acids is 1. The molecule has 0 atom stereocenters. The normalized spacial score (nSPS) is 11.4. The lowest BCUT2D eigenvalue weighted by Crippen LogP contribution is -2.21. The van der Waals surface area contributed by atoms with E-state index in [0.717, 1.165) is 39.2 Å². The second-order valence-corrected chi connectivity index (χ2v) is 8.19. The first-order chi connectivity index (χ1) is 17.1. The summed E-state index contributed by atoms with van der Waals surface area (Å²) < 4.78 is 39.6. The molecular weight excluding hydrogens is 471 g/mol. The average Bonchev–Trinajstić information content (AvgIpc) is 3.27. The summed E-state index contributed by atoms with van der Waals surface area (Å²) >= 11 is 0. The summed E-state index contributed by atoms with van der Waals surface area (Å²) in [6.07, 6.45) is 2.89. The molecule has 184 valence electrons. The number of benzene rings is 2. The number of halogens is 3. The van der Waals surface area contributed by atoms with Crippen LogP contribution in [0.2, 0.25) is 0 Å². The van der Waals surface area contributed by atoms with Crippen molar-refractivity contribution in [3.05, 3.63) is 85.5 Å². The molecule has 0 aliphatic heterocycles. The largest absolute Gasteiger partial charge is 0.491 e. The lowest BCUT2D eigenvalue weighted by molar-refractivity contribution is -0.192. The Bertz CT molecular complexity index is 1500. The number of rotatable bonds is 4. The van der Waals surface area contributed by atoms with Gasteiger partial charge in [0.1, 0.15) is 11.4 Å². The number of fused-ring (bicyclic) bond motifs is 2. The number of carbonyl (C=O) groups is 1. The van der Waals surface area contributed by atoms with E-state index >= 15 is 0 Å². The number of aliphatic carboxylic acids is 1. The minimum Gasteiger partial charge on any atom is -0.491 e. The summed E-state index contributed by atoms with van der Waals surface area (Å²) in [5.41, 5.74) is 5.30. The van der Waals surface area contributed by atoms with E-state index in [1.165, 1.54) is 5.39 Å². The van der Waals surface area contributed by atoms with Gasteiger partial charge < -0.3 is 9.84 Å². The highest BCUT2D eigenvalue weighted by molar-refractivity contribution is 5.95. The maximum absolute atomic E-state index is 10.6. The van der Waals surface area contributed by atoms with E-state index in [1.807, 2.05) is 50.6 Å². The molecule has 0 aliphatic carbocycles. The fraction of sp³-hybridized carbons (Fsp3) is 0.148. The van der Waals surface area contributed by atoms with Crippen LogP contribution in [0.4, 0.5) is 13.2 Å². The van der Waals surface area contributed by atoms with Gasteiger partial charge in [-0.25, -0.2) is 9.78 Å². The molecule has 9 heteroatoms. The summed E-state index contributed by atoms with van der Waals surface area (Å²) in [4.78, 5) is 18.0. The molecule has 3 aromatic heterocycles. The van der Waals surface area contributed by atoms with Crippen molar-refractivity contribution < 1.29 is 27.8 Å². The van der Waals surface area contributed by atoms with E-state index in [1.54, 1.807) is 0 Å². The van der Waals surface area contributed by atoms with Gasteiger partial charge in [0, 0.05) is 29.5 Å². The van der Waals surface area contributed by atoms with Gasteiger partial charge in [-0.15, -0.1) is 0 Å². The van der Waals surface area contributed by atoms with Gasteiger partial charge in [0.15, 0.2) is 0 Å². The Morgan fingerprint density at radius 1 is 0.972 bits per heavy atom. The number of hydrogen-bond acceptors (Lipinski definition) is 4. The van der Waals surface area contributed by atoms with Gasteiger partial charge in [0.05, 0.1) is 18.0 Å². The third-order valence-electron chi connectivity index (χ3n) is 5.26. The molecule has 0 unspecified atom stereocenters. The van der Waals surface area contributed by atoms with Gasteiger partial charge in [0.25, 0.3) is 0 Å². The third-order valence-corrected chi connectivity index (χ3v) is 5.26. The molecule has 0 saturated carbocycles. The molecule has 5 aromatic rings. The Morgan fingerprint density at radius 3 is 2.33 bits per heavy atom. The molecule has 6 nitrogen and oxygen atoms in total. The Morgan fingerprint density at radius 2 is 1.67 bits per heavy atom. The molecule has 0 aliphatic rings. The van der Waals surface area contributed by atoms with Gasteiger partial charge >= 0.3 is 12.1 Å². The summed E-state index contributed by atoms with van der Waals surface area (Å²) in [6.45, 7) is 4.06. The van der Waals surface area contributed by atoms with E-state index in [0.29, 0.717) is 0 Å². The molecule has 0 saturated heterocycles. The smallest absolute Gasteiger partial charge is 0.490 e. The molecule has 1 N–H and O–H groups in total. The van der Waals surface area contributed by atoms with Crippen molar-refractivity contribution >= 4 is 22.4 Å². The first-order valence-electron chi connectivity index (χ1n) is 11.0. The van der Waals surface area contributed by atoms with E-state index < -0.39 is 12.1 Å². The van der Waals surface area contributed by atoms with Crippen molar-refractivity contribution in [2.75, 3.05) is 0 Å².